The van der Waals surface area contributed by atoms with E-state index >= 15 is 0 Å². The van der Waals surface area contributed by atoms with Crippen molar-refractivity contribution in [2.24, 2.45) is 0 Å². The summed E-state index contributed by atoms with van der Waals surface area (Å²) in [7, 11) is 3.66. The molecule has 21 heavy (non-hydrogen) atoms. The number of hydrogen-bond acceptors (Lipinski definition) is 3. The van der Waals surface area contributed by atoms with Crippen molar-refractivity contribution in [3.8, 4) is 11.5 Å². The van der Waals surface area contributed by atoms with Crippen molar-refractivity contribution in [3.05, 3.63) is 58.1 Å². The van der Waals surface area contributed by atoms with E-state index in [0.29, 0.717) is 0 Å². The van der Waals surface area contributed by atoms with Crippen LogP contribution in [-0.2, 0) is 0 Å². The Kier molecular flexibility index (Phi) is 4.17. The average molecular weight is 348 g/mol. The third-order valence-electron chi connectivity index (χ3n) is 3.92. The van der Waals surface area contributed by atoms with Crippen LogP contribution in [0.3, 0.4) is 0 Å². The maximum atomic E-state index is 6.22. The molecule has 4 heteroatoms. The van der Waals surface area contributed by atoms with Crippen molar-refractivity contribution in [3.63, 3.8) is 0 Å². The molecule has 1 aliphatic rings. The minimum absolute atomic E-state index is 0.0256. The SMILES string of the molecule is CNC1CC(c2ccccc2Br)Oc2cc(OC)ccc21. The van der Waals surface area contributed by atoms with Crippen LogP contribution < -0.4 is 14.8 Å². The lowest BCUT2D eigenvalue weighted by Gasteiger charge is -2.33. The maximum Gasteiger partial charge on any atom is 0.128 e. The van der Waals surface area contributed by atoms with Gasteiger partial charge in [-0.25, -0.2) is 0 Å². The second kappa shape index (κ2) is 6.08. The Morgan fingerprint density at radius 2 is 2.00 bits per heavy atom. The van der Waals surface area contributed by atoms with Gasteiger partial charge in [-0.05, 0) is 19.2 Å². The smallest absolute Gasteiger partial charge is 0.128 e. The molecular formula is C17H18BrNO2. The molecule has 3 nitrogen and oxygen atoms in total. The summed E-state index contributed by atoms with van der Waals surface area (Å²) >= 11 is 3.62. The molecular weight excluding hydrogens is 330 g/mol. The van der Waals surface area contributed by atoms with Crippen LogP contribution >= 0.6 is 15.9 Å². The molecule has 0 spiro atoms. The number of methoxy groups -OCH3 is 1. The van der Waals surface area contributed by atoms with Crippen LogP contribution in [0.25, 0.3) is 0 Å². The second-order valence-electron chi connectivity index (χ2n) is 5.11. The van der Waals surface area contributed by atoms with E-state index in [2.05, 4.69) is 33.4 Å². The predicted octanol–water partition coefficient (Wildman–Crippen LogP) is 4.24. The van der Waals surface area contributed by atoms with E-state index in [1.807, 2.05) is 37.4 Å². The standard InChI is InChI=1S/C17H18BrNO2/c1-19-15-10-17(12-5-3-4-6-14(12)18)21-16-9-11(20-2)7-8-13(15)16/h3-9,15,17,19H,10H2,1-2H3. The van der Waals surface area contributed by atoms with Crippen LogP contribution in [0.5, 0.6) is 11.5 Å². The summed E-state index contributed by atoms with van der Waals surface area (Å²) < 4.78 is 12.6. The topological polar surface area (TPSA) is 30.5 Å². The zero-order valence-electron chi connectivity index (χ0n) is 12.1. The van der Waals surface area contributed by atoms with Crippen LogP contribution in [-0.4, -0.2) is 14.2 Å². The van der Waals surface area contributed by atoms with E-state index in [4.69, 9.17) is 9.47 Å². The van der Waals surface area contributed by atoms with Crippen molar-refractivity contribution in [1.82, 2.24) is 5.32 Å². The normalized spacial score (nSPS) is 20.5. The molecule has 0 saturated heterocycles. The van der Waals surface area contributed by atoms with Crippen LogP contribution in [0.1, 0.15) is 29.7 Å². The molecule has 1 N–H and O–H groups in total. The fourth-order valence-corrected chi connectivity index (χ4v) is 3.31. The lowest BCUT2D eigenvalue weighted by molar-refractivity contribution is 0.152. The summed E-state index contributed by atoms with van der Waals surface area (Å²) in [6.45, 7) is 0. The Labute approximate surface area is 133 Å². The Bertz CT molecular complexity index is 644. The molecule has 0 amide bonds. The first-order valence-corrected chi connectivity index (χ1v) is 7.78. The van der Waals surface area contributed by atoms with Gasteiger partial charge in [0.15, 0.2) is 0 Å². The fraction of sp³-hybridized carbons (Fsp3) is 0.294. The summed E-state index contributed by atoms with van der Waals surface area (Å²) in [5, 5.41) is 3.38. The number of halogens is 1. The van der Waals surface area contributed by atoms with Gasteiger partial charge in [0.25, 0.3) is 0 Å². The Morgan fingerprint density at radius 1 is 1.19 bits per heavy atom. The average Bonchev–Trinajstić information content (AvgIpc) is 2.53. The molecule has 2 atom stereocenters. The minimum atomic E-state index is 0.0256. The molecule has 110 valence electrons. The zero-order valence-corrected chi connectivity index (χ0v) is 13.7. The van der Waals surface area contributed by atoms with Gasteiger partial charge in [-0.3, -0.25) is 0 Å². The molecule has 0 bridgehead atoms. The molecule has 2 unspecified atom stereocenters. The molecule has 0 aromatic heterocycles. The summed E-state index contributed by atoms with van der Waals surface area (Å²) in [5.74, 6) is 1.71. The van der Waals surface area contributed by atoms with E-state index in [0.717, 1.165) is 22.4 Å². The van der Waals surface area contributed by atoms with Crippen molar-refractivity contribution < 1.29 is 9.47 Å². The highest BCUT2D eigenvalue weighted by atomic mass is 79.9. The lowest BCUT2D eigenvalue weighted by Crippen LogP contribution is -2.26. The van der Waals surface area contributed by atoms with Gasteiger partial charge in [-0.2, -0.15) is 0 Å². The number of ether oxygens (including phenoxy) is 2. The second-order valence-corrected chi connectivity index (χ2v) is 5.96. The molecule has 2 aromatic carbocycles. The van der Waals surface area contributed by atoms with Crippen molar-refractivity contribution in [1.29, 1.82) is 0 Å². The third kappa shape index (κ3) is 2.78. The number of nitrogens with one attached hydrogen (secondary N) is 1. The van der Waals surface area contributed by atoms with E-state index in [-0.39, 0.29) is 12.1 Å². The first-order valence-electron chi connectivity index (χ1n) is 6.99. The number of fused-ring (bicyclic) bond motifs is 1. The van der Waals surface area contributed by atoms with Crippen LogP contribution in [0.15, 0.2) is 46.9 Å². The summed E-state index contributed by atoms with van der Waals surface area (Å²) in [6, 6.07) is 14.5. The van der Waals surface area contributed by atoms with Crippen LogP contribution in [0.2, 0.25) is 0 Å². The highest BCUT2D eigenvalue weighted by Crippen LogP contribution is 2.43. The molecule has 0 fully saturated rings. The minimum Gasteiger partial charge on any atom is -0.497 e. The van der Waals surface area contributed by atoms with Gasteiger partial charge < -0.3 is 14.8 Å². The van der Waals surface area contributed by atoms with Gasteiger partial charge in [-0.15, -0.1) is 0 Å². The number of benzene rings is 2. The maximum absolute atomic E-state index is 6.22. The van der Waals surface area contributed by atoms with Gasteiger partial charge in [0.05, 0.1) is 7.11 Å². The highest BCUT2D eigenvalue weighted by molar-refractivity contribution is 9.10. The van der Waals surface area contributed by atoms with Gasteiger partial charge in [0.2, 0.25) is 0 Å². The quantitative estimate of drug-likeness (QED) is 0.900. The Morgan fingerprint density at radius 3 is 2.71 bits per heavy atom. The summed E-state index contributed by atoms with van der Waals surface area (Å²) in [5.41, 5.74) is 2.35. The summed E-state index contributed by atoms with van der Waals surface area (Å²) in [4.78, 5) is 0. The molecule has 2 aromatic rings. The van der Waals surface area contributed by atoms with Crippen LogP contribution in [0.4, 0.5) is 0 Å². The first-order chi connectivity index (χ1) is 10.2. The molecule has 1 aliphatic heterocycles. The molecule has 0 saturated carbocycles. The monoisotopic (exact) mass is 347 g/mol. The third-order valence-corrected chi connectivity index (χ3v) is 4.64. The van der Waals surface area contributed by atoms with Crippen molar-refractivity contribution in [2.45, 2.75) is 18.6 Å². The molecule has 1 heterocycles. The highest BCUT2D eigenvalue weighted by Gasteiger charge is 2.29. The van der Waals surface area contributed by atoms with E-state index < -0.39 is 0 Å². The van der Waals surface area contributed by atoms with E-state index in [9.17, 15) is 0 Å². The fourth-order valence-electron chi connectivity index (χ4n) is 2.77. The van der Waals surface area contributed by atoms with E-state index in [1.54, 1.807) is 7.11 Å². The zero-order chi connectivity index (χ0) is 14.8. The number of hydrogen-bond donors (Lipinski definition) is 1. The van der Waals surface area contributed by atoms with Gasteiger partial charge in [-0.1, -0.05) is 40.2 Å². The van der Waals surface area contributed by atoms with Gasteiger partial charge in [0, 0.05) is 34.1 Å². The summed E-state index contributed by atoms with van der Waals surface area (Å²) in [6.07, 6.45) is 0.927. The molecule has 0 aliphatic carbocycles. The Hall–Kier alpha value is -1.52. The Balaban J connectivity index is 1.99. The number of rotatable bonds is 3. The lowest BCUT2D eigenvalue weighted by atomic mass is 9.93. The van der Waals surface area contributed by atoms with Crippen molar-refractivity contribution in [2.75, 3.05) is 14.2 Å². The first kappa shape index (κ1) is 14.4. The van der Waals surface area contributed by atoms with Gasteiger partial charge in [0.1, 0.15) is 17.6 Å². The van der Waals surface area contributed by atoms with Crippen molar-refractivity contribution >= 4 is 15.9 Å². The predicted molar refractivity (Wildman–Crippen MR) is 86.9 cm³/mol. The van der Waals surface area contributed by atoms with Crippen LogP contribution in [0, 0.1) is 0 Å². The van der Waals surface area contributed by atoms with E-state index in [1.165, 1.54) is 11.1 Å². The molecule has 0 radical (unpaired) electrons. The van der Waals surface area contributed by atoms with Gasteiger partial charge >= 0.3 is 0 Å². The largest absolute Gasteiger partial charge is 0.497 e. The molecule has 3 rings (SSSR count).